The first-order valence-corrected chi connectivity index (χ1v) is 10.8. The van der Waals surface area contributed by atoms with Crippen LogP contribution in [0, 0.1) is 5.41 Å². The minimum Gasteiger partial charge on any atom is -0.387 e. The first kappa shape index (κ1) is 27.6. The van der Waals surface area contributed by atoms with Crippen molar-refractivity contribution < 1.29 is 29.6 Å². The lowest BCUT2D eigenvalue weighted by molar-refractivity contribution is -0.150. The van der Waals surface area contributed by atoms with Crippen LogP contribution in [-0.4, -0.2) is 83.3 Å². The lowest BCUT2D eigenvalue weighted by Gasteiger charge is -2.28. The normalized spacial score (nSPS) is 17.2. The number of carbonyl (C=O) groups is 2. The molecule has 0 rings (SSSR count). The molecule has 0 saturated heterocycles. The predicted octanol–water partition coefficient (Wildman–Crippen LogP) is 0.227. The molecule has 5 atom stereocenters. The molecule has 0 aliphatic heterocycles. The van der Waals surface area contributed by atoms with Crippen molar-refractivity contribution >= 4 is 23.6 Å². The maximum Gasteiger partial charge on any atom is 0.252 e. The minimum absolute atomic E-state index is 0.229. The smallest absolute Gasteiger partial charge is 0.252 e. The Labute approximate surface area is 177 Å². The van der Waals surface area contributed by atoms with Crippen LogP contribution in [-0.2, 0) is 14.3 Å². The van der Waals surface area contributed by atoms with Gasteiger partial charge in [0.1, 0.15) is 24.4 Å². The number of methoxy groups -OCH3 is 1. The van der Waals surface area contributed by atoms with Gasteiger partial charge in [0.25, 0.3) is 5.91 Å². The lowest BCUT2D eigenvalue weighted by atomic mass is 9.94. The fourth-order valence-electron chi connectivity index (χ4n) is 2.34. The number of amides is 2. The average molecular weight is 433 g/mol. The summed E-state index contributed by atoms with van der Waals surface area (Å²) in [6.07, 6.45) is 0.633. The summed E-state index contributed by atoms with van der Waals surface area (Å²) >= 11 is 1.52. The van der Waals surface area contributed by atoms with Crippen LogP contribution in [0.4, 0.5) is 0 Å². The van der Waals surface area contributed by atoms with E-state index in [-0.39, 0.29) is 17.9 Å². The summed E-state index contributed by atoms with van der Waals surface area (Å²) in [6.45, 7) is 9.53. The molecule has 0 heterocycles. The number of hydrogen-bond donors (Lipinski definition) is 5. The maximum absolute atomic E-state index is 12.6. The van der Waals surface area contributed by atoms with E-state index in [2.05, 4.69) is 17.2 Å². The second-order valence-corrected chi connectivity index (χ2v) is 8.72. The van der Waals surface area contributed by atoms with E-state index in [1.165, 1.54) is 31.0 Å². The SMILES string of the molecule is C=CCNC(=O)[C@H](CCSC)NC(=O)[C@H](OC)[C@H](O)[C@@H](O)[C@H](O)/C=C/C(C)(C)C. The third-order valence-corrected chi connectivity index (χ3v) is 4.62. The number of ether oxygens (including phenoxy) is 1. The molecule has 8 nitrogen and oxygen atoms in total. The van der Waals surface area contributed by atoms with E-state index in [0.29, 0.717) is 12.2 Å². The molecular formula is C20H36N2O6S. The summed E-state index contributed by atoms with van der Waals surface area (Å²) in [7, 11) is 1.20. The number of rotatable bonds is 13. The van der Waals surface area contributed by atoms with Gasteiger partial charge in [-0.3, -0.25) is 9.59 Å². The Balaban J connectivity index is 5.18. The standard InChI is InChI=1S/C20H36N2O6S/c1-7-11-21-18(26)13(9-12-29-6)22-19(27)17(28-5)16(25)15(24)14(23)8-10-20(2,3)4/h7-8,10,13-17,23-25H,1,9,11-12H2,2-6H3,(H,21,26)(H,22,27)/b10-8+/t13-,14+,15-,16+,17+/m0/s1. The Morgan fingerprint density at radius 2 is 1.79 bits per heavy atom. The van der Waals surface area contributed by atoms with Crippen molar-refractivity contribution in [2.75, 3.05) is 25.7 Å². The number of thioether (sulfide) groups is 1. The molecule has 0 aliphatic rings. The lowest BCUT2D eigenvalue weighted by Crippen LogP contribution is -2.56. The Morgan fingerprint density at radius 3 is 2.28 bits per heavy atom. The highest BCUT2D eigenvalue weighted by atomic mass is 32.2. The number of hydrogen-bond acceptors (Lipinski definition) is 7. The summed E-state index contributed by atoms with van der Waals surface area (Å²) in [5, 5.41) is 35.9. The van der Waals surface area contributed by atoms with E-state index in [9.17, 15) is 24.9 Å². The first-order valence-electron chi connectivity index (χ1n) is 9.42. The van der Waals surface area contributed by atoms with Crippen molar-refractivity contribution in [1.29, 1.82) is 0 Å². The molecule has 0 aromatic carbocycles. The van der Waals surface area contributed by atoms with E-state index in [1.54, 1.807) is 6.08 Å². The van der Waals surface area contributed by atoms with Crippen LogP contribution in [0.2, 0.25) is 0 Å². The van der Waals surface area contributed by atoms with E-state index in [0.717, 1.165) is 0 Å². The third-order valence-electron chi connectivity index (χ3n) is 3.98. The van der Waals surface area contributed by atoms with E-state index in [1.807, 2.05) is 27.0 Å². The van der Waals surface area contributed by atoms with Crippen LogP contribution < -0.4 is 10.6 Å². The van der Waals surface area contributed by atoms with Crippen molar-refractivity contribution in [3.05, 3.63) is 24.8 Å². The highest BCUT2D eigenvalue weighted by molar-refractivity contribution is 7.98. The summed E-state index contributed by atoms with van der Waals surface area (Å²) in [4.78, 5) is 24.9. The van der Waals surface area contributed by atoms with Gasteiger partial charge in [0.15, 0.2) is 6.10 Å². The zero-order valence-electron chi connectivity index (χ0n) is 17.9. The number of aliphatic hydroxyl groups is 3. The molecule has 0 saturated carbocycles. The van der Waals surface area contributed by atoms with Gasteiger partial charge in [0, 0.05) is 13.7 Å². The largest absolute Gasteiger partial charge is 0.387 e. The fraction of sp³-hybridized carbons (Fsp3) is 0.700. The van der Waals surface area contributed by atoms with Gasteiger partial charge in [0.2, 0.25) is 5.91 Å². The summed E-state index contributed by atoms with van der Waals surface area (Å²) in [5.41, 5.74) is -0.229. The van der Waals surface area contributed by atoms with Gasteiger partial charge in [-0.1, -0.05) is 39.0 Å². The second-order valence-electron chi connectivity index (χ2n) is 7.73. The van der Waals surface area contributed by atoms with Crippen molar-refractivity contribution in [3.63, 3.8) is 0 Å². The molecule has 2 amide bonds. The molecule has 0 aromatic rings. The molecule has 0 unspecified atom stereocenters. The molecule has 0 aromatic heterocycles. The summed E-state index contributed by atoms with van der Waals surface area (Å²) in [6, 6.07) is -0.831. The number of aliphatic hydroxyl groups excluding tert-OH is 3. The quantitative estimate of drug-likeness (QED) is 0.264. The molecule has 0 bridgehead atoms. The maximum atomic E-state index is 12.6. The monoisotopic (exact) mass is 432 g/mol. The molecule has 0 aliphatic carbocycles. The highest BCUT2D eigenvalue weighted by Gasteiger charge is 2.36. The van der Waals surface area contributed by atoms with Crippen LogP contribution >= 0.6 is 11.8 Å². The highest BCUT2D eigenvalue weighted by Crippen LogP contribution is 2.17. The van der Waals surface area contributed by atoms with Gasteiger partial charge in [-0.2, -0.15) is 11.8 Å². The molecule has 9 heteroatoms. The van der Waals surface area contributed by atoms with E-state index < -0.39 is 36.4 Å². The van der Waals surface area contributed by atoms with E-state index in [4.69, 9.17) is 4.74 Å². The van der Waals surface area contributed by atoms with Gasteiger partial charge in [-0.15, -0.1) is 6.58 Å². The van der Waals surface area contributed by atoms with Gasteiger partial charge < -0.3 is 30.7 Å². The van der Waals surface area contributed by atoms with Crippen LogP contribution in [0.15, 0.2) is 24.8 Å². The molecule has 0 fully saturated rings. The van der Waals surface area contributed by atoms with Crippen LogP contribution in [0.5, 0.6) is 0 Å². The molecule has 29 heavy (non-hydrogen) atoms. The topological polar surface area (TPSA) is 128 Å². The average Bonchev–Trinajstić information content (AvgIpc) is 2.66. The van der Waals surface area contributed by atoms with Crippen LogP contribution in [0.3, 0.4) is 0 Å². The molecule has 0 spiro atoms. The van der Waals surface area contributed by atoms with Crippen molar-refractivity contribution in [2.24, 2.45) is 5.41 Å². The van der Waals surface area contributed by atoms with Gasteiger partial charge in [-0.05, 0) is 23.8 Å². The Morgan fingerprint density at radius 1 is 1.17 bits per heavy atom. The van der Waals surface area contributed by atoms with Crippen molar-refractivity contribution in [2.45, 2.75) is 57.6 Å². The Hall–Kier alpha value is -1.39. The molecule has 0 radical (unpaired) electrons. The predicted molar refractivity (Wildman–Crippen MR) is 116 cm³/mol. The summed E-state index contributed by atoms with van der Waals surface area (Å²) < 4.78 is 5.05. The Kier molecular flexibility index (Phi) is 13.1. The molecule has 168 valence electrons. The first-order chi connectivity index (χ1) is 13.5. The second kappa shape index (κ2) is 13.8. The third kappa shape index (κ3) is 10.8. The van der Waals surface area contributed by atoms with Gasteiger partial charge in [-0.25, -0.2) is 0 Å². The van der Waals surface area contributed by atoms with Crippen molar-refractivity contribution in [3.8, 4) is 0 Å². The van der Waals surface area contributed by atoms with Crippen LogP contribution in [0.1, 0.15) is 27.2 Å². The number of nitrogens with one attached hydrogen (secondary N) is 2. The zero-order chi connectivity index (χ0) is 22.6. The van der Waals surface area contributed by atoms with Crippen molar-refractivity contribution in [1.82, 2.24) is 10.6 Å². The van der Waals surface area contributed by atoms with Gasteiger partial charge in [0.05, 0.1) is 0 Å². The molecule has 5 N–H and O–H groups in total. The summed E-state index contributed by atoms with van der Waals surface area (Å²) in [5.74, 6) is -0.512. The minimum atomic E-state index is -1.70. The van der Waals surface area contributed by atoms with E-state index >= 15 is 0 Å². The van der Waals surface area contributed by atoms with Gasteiger partial charge >= 0.3 is 0 Å². The zero-order valence-corrected chi connectivity index (χ0v) is 18.7. The number of carbonyl (C=O) groups excluding carboxylic acids is 2. The fourth-order valence-corrected chi connectivity index (χ4v) is 2.81. The van der Waals surface area contributed by atoms with Crippen LogP contribution in [0.25, 0.3) is 0 Å². The Bertz CT molecular complexity index is 550. The molecular weight excluding hydrogens is 396 g/mol. The number of allylic oxidation sites excluding steroid dienone is 1.